The van der Waals surface area contributed by atoms with Crippen LogP contribution in [0.2, 0.25) is 0 Å². The maximum Gasteiger partial charge on any atom is 0.251 e. The van der Waals surface area contributed by atoms with Crippen molar-refractivity contribution in [1.82, 2.24) is 5.32 Å². The first-order valence-corrected chi connectivity index (χ1v) is 5.83. The second-order valence-electron chi connectivity index (χ2n) is 4.82. The van der Waals surface area contributed by atoms with Gasteiger partial charge in [0.1, 0.15) is 0 Å². The highest BCUT2D eigenvalue weighted by atomic mass is 16.3. The van der Waals surface area contributed by atoms with Crippen molar-refractivity contribution in [3.8, 4) is 0 Å². The lowest BCUT2D eigenvalue weighted by Gasteiger charge is -2.32. The van der Waals surface area contributed by atoms with Gasteiger partial charge in [-0.25, -0.2) is 0 Å². The molecule has 1 amide bonds. The first kappa shape index (κ1) is 11.9. The number of nitrogen functional groups attached to an aromatic ring is 1. The van der Waals surface area contributed by atoms with Crippen molar-refractivity contribution in [3.05, 3.63) is 28.8 Å². The van der Waals surface area contributed by atoms with E-state index in [1.54, 1.807) is 6.07 Å². The van der Waals surface area contributed by atoms with Gasteiger partial charge in [0.05, 0.1) is 6.10 Å². The number of carbonyl (C=O) groups excluding carboxylic acids is 1. The van der Waals surface area contributed by atoms with Gasteiger partial charge in [-0.1, -0.05) is 6.07 Å². The minimum atomic E-state index is -0.260. The van der Waals surface area contributed by atoms with E-state index < -0.39 is 0 Å². The van der Waals surface area contributed by atoms with Gasteiger partial charge in [-0.2, -0.15) is 0 Å². The van der Waals surface area contributed by atoms with Crippen LogP contribution in [-0.2, 0) is 0 Å². The van der Waals surface area contributed by atoms with Crippen molar-refractivity contribution in [2.45, 2.75) is 38.8 Å². The minimum absolute atomic E-state index is 0.0967. The van der Waals surface area contributed by atoms with E-state index in [0.717, 1.165) is 11.1 Å². The molecule has 1 aromatic carbocycles. The lowest BCUT2D eigenvalue weighted by atomic mass is 9.89. The summed E-state index contributed by atoms with van der Waals surface area (Å²) in [6.45, 7) is 3.82. The summed E-state index contributed by atoms with van der Waals surface area (Å²) in [5, 5.41) is 12.1. The zero-order chi connectivity index (χ0) is 12.6. The lowest BCUT2D eigenvalue weighted by molar-refractivity contribution is 0.0562. The number of nitrogens with one attached hydrogen (secondary N) is 1. The van der Waals surface area contributed by atoms with Crippen LogP contribution in [0, 0.1) is 13.8 Å². The quantitative estimate of drug-likeness (QED) is 0.672. The molecule has 1 aromatic rings. The molecule has 0 aliphatic heterocycles. The normalized spacial score (nSPS) is 23.0. The molecule has 4 nitrogen and oxygen atoms in total. The maximum atomic E-state index is 12.0. The van der Waals surface area contributed by atoms with Crippen LogP contribution in [0.3, 0.4) is 0 Å². The first-order valence-electron chi connectivity index (χ1n) is 5.83. The molecule has 2 rings (SSSR count). The van der Waals surface area contributed by atoms with Crippen molar-refractivity contribution >= 4 is 11.6 Å². The Bertz CT molecular complexity index is 451. The van der Waals surface area contributed by atoms with Gasteiger partial charge in [0.25, 0.3) is 5.91 Å². The molecule has 0 atom stereocenters. The van der Waals surface area contributed by atoms with E-state index in [2.05, 4.69) is 5.32 Å². The second-order valence-corrected chi connectivity index (χ2v) is 4.82. The highest BCUT2D eigenvalue weighted by molar-refractivity contribution is 5.97. The molecule has 1 fully saturated rings. The van der Waals surface area contributed by atoms with Crippen molar-refractivity contribution in [2.24, 2.45) is 0 Å². The zero-order valence-electron chi connectivity index (χ0n) is 10.2. The summed E-state index contributed by atoms with van der Waals surface area (Å²) < 4.78 is 0. The fourth-order valence-corrected chi connectivity index (χ4v) is 2.08. The summed E-state index contributed by atoms with van der Waals surface area (Å²) in [4.78, 5) is 12.0. The fraction of sp³-hybridized carbons (Fsp3) is 0.462. The molecule has 17 heavy (non-hydrogen) atoms. The fourth-order valence-electron chi connectivity index (χ4n) is 2.08. The van der Waals surface area contributed by atoms with Crippen LogP contribution >= 0.6 is 0 Å². The molecule has 0 saturated heterocycles. The number of rotatable bonds is 2. The molecule has 4 heteroatoms. The van der Waals surface area contributed by atoms with E-state index in [4.69, 9.17) is 10.8 Å². The highest BCUT2D eigenvalue weighted by Gasteiger charge is 2.28. The number of anilines is 1. The van der Waals surface area contributed by atoms with Gasteiger partial charge in [-0.15, -0.1) is 0 Å². The Labute approximate surface area is 101 Å². The summed E-state index contributed by atoms with van der Waals surface area (Å²) in [5.74, 6) is -0.105. The van der Waals surface area contributed by atoms with Crippen LogP contribution in [-0.4, -0.2) is 23.2 Å². The average molecular weight is 234 g/mol. The van der Waals surface area contributed by atoms with Gasteiger partial charge >= 0.3 is 0 Å². The predicted octanol–water partition coefficient (Wildman–Crippen LogP) is 1.14. The van der Waals surface area contributed by atoms with Gasteiger partial charge in [0.15, 0.2) is 0 Å². The first-order chi connectivity index (χ1) is 7.97. The summed E-state index contributed by atoms with van der Waals surface area (Å²) in [5.41, 5.74) is 8.97. The SMILES string of the molecule is Cc1cc(C)c(C(=O)NC2CC(O)C2)cc1N. The standard InChI is InChI=1S/C13H18N2O2/c1-7-3-8(2)12(14)6-11(7)13(17)15-9-4-10(16)5-9/h3,6,9-10,16H,4-5,14H2,1-2H3,(H,15,17). The van der Waals surface area contributed by atoms with E-state index in [9.17, 15) is 4.79 Å². The molecule has 0 spiro atoms. The Morgan fingerprint density at radius 3 is 2.59 bits per heavy atom. The molecule has 0 heterocycles. The molecule has 1 saturated carbocycles. The Balaban J connectivity index is 2.11. The molecule has 0 bridgehead atoms. The van der Waals surface area contributed by atoms with Crippen molar-refractivity contribution < 1.29 is 9.90 Å². The van der Waals surface area contributed by atoms with Gasteiger partial charge in [0, 0.05) is 17.3 Å². The third-order valence-electron chi connectivity index (χ3n) is 3.31. The average Bonchev–Trinajstić information content (AvgIpc) is 2.21. The van der Waals surface area contributed by atoms with E-state index in [0.29, 0.717) is 24.1 Å². The third-order valence-corrected chi connectivity index (χ3v) is 3.31. The molecular weight excluding hydrogens is 216 g/mol. The van der Waals surface area contributed by atoms with Gasteiger partial charge in [0.2, 0.25) is 0 Å². The summed E-state index contributed by atoms with van der Waals surface area (Å²) in [6.07, 6.45) is 1.03. The lowest BCUT2D eigenvalue weighted by Crippen LogP contribution is -2.46. The molecule has 1 aliphatic carbocycles. The van der Waals surface area contributed by atoms with Crippen molar-refractivity contribution in [2.75, 3.05) is 5.73 Å². The van der Waals surface area contributed by atoms with Crippen molar-refractivity contribution in [3.63, 3.8) is 0 Å². The molecule has 4 N–H and O–H groups in total. The zero-order valence-corrected chi connectivity index (χ0v) is 10.2. The van der Waals surface area contributed by atoms with E-state index in [-0.39, 0.29) is 18.1 Å². The number of benzene rings is 1. The largest absolute Gasteiger partial charge is 0.398 e. The topological polar surface area (TPSA) is 75.3 Å². The Kier molecular flexibility index (Phi) is 3.07. The number of aliphatic hydroxyl groups excluding tert-OH is 1. The Morgan fingerprint density at radius 2 is 2.00 bits per heavy atom. The number of nitrogens with two attached hydrogens (primary N) is 1. The minimum Gasteiger partial charge on any atom is -0.398 e. The third kappa shape index (κ3) is 2.42. The summed E-state index contributed by atoms with van der Waals surface area (Å²) in [7, 11) is 0. The molecule has 0 radical (unpaired) electrons. The molecular formula is C13H18N2O2. The molecule has 0 unspecified atom stereocenters. The predicted molar refractivity (Wildman–Crippen MR) is 66.8 cm³/mol. The van der Waals surface area contributed by atoms with Gasteiger partial charge in [-0.05, 0) is 43.9 Å². The van der Waals surface area contributed by atoms with Crippen LogP contribution < -0.4 is 11.1 Å². The number of hydrogen-bond donors (Lipinski definition) is 3. The van der Waals surface area contributed by atoms with Gasteiger partial charge in [-0.3, -0.25) is 4.79 Å². The Morgan fingerprint density at radius 1 is 1.35 bits per heavy atom. The molecule has 92 valence electrons. The monoisotopic (exact) mass is 234 g/mol. The van der Waals surface area contributed by atoms with Crippen LogP contribution in [0.1, 0.15) is 34.3 Å². The van der Waals surface area contributed by atoms with Crippen LogP contribution in [0.15, 0.2) is 12.1 Å². The van der Waals surface area contributed by atoms with E-state index in [1.807, 2.05) is 19.9 Å². The number of aryl methyl sites for hydroxylation is 2. The van der Waals surface area contributed by atoms with E-state index >= 15 is 0 Å². The molecule has 1 aliphatic rings. The van der Waals surface area contributed by atoms with E-state index in [1.165, 1.54) is 0 Å². The molecule has 0 aromatic heterocycles. The maximum absolute atomic E-state index is 12.0. The summed E-state index contributed by atoms with van der Waals surface area (Å²) in [6, 6.07) is 3.73. The summed E-state index contributed by atoms with van der Waals surface area (Å²) >= 11 is 0. The smallest absolute Gasteiger partial charge is 0.251 e. The number of carbonyl (C=O) groups is 1. The van der Waals surface area contributed by atoms with Crippen LogP contribution in [0.5, 0.6) is 0 Å². The van der Waals surface area contributed by atoms with Gasteiger partial charge < -0.3 is 16.2 Å². The number of aliphatic hydroxyl groups is 1. The van der Waals surface area contributed by atoms with Crippen LogP contribution in [0.4, 0.5) is 5.69 Å². The second kappa shape index (κ2) is 4.37. The number of hydrogen-bond acceptors (Lipinski definition) is 3. The highest BCUT2D eigenvalue weighted by Crippen LogP contribution is 2.22. The Hall–Kier alpha value is -1.55. The van der Waals surface area contributed by atoms with Crippen LogP contribution in [0.25, 0.3) is 0 Å². The number of amides is 1. The van der Waals surface area contributed by atoms with Crippen molar-refractivity contribution in [1.29, 1.82) is 0 Å².